The SMILES string of the molecule is Fc1ccc(-c2cc(-c3ccc(Cl)cc3)nc3cc(F)ccc23)cc1. The van der Waals surface area contributed by atoms with Gasteiger partial charge in [-0.3, -0.25) is 0 Å². The monoisotopic (exact) mass is 351 g/mol. The minimum absolute atomic E-state index is 0.300. The molecule has 122 valence electrons. The number of aromatic nitrogens is 1. The van der Waals surface area contributed by atoms with Crippen molar-refractivity contribution < 1.29 is 8.78 Å². The fourth-order valence-electron chi connectivity index (χ4n) is 2.84. The second-order valence-corrected chi connectivity index (χ2v) is 6.17. The Labute approximate surface area is 148 Å². The van der Waals surface area contributed by atoms with E-state index in [1.807, 2.05) is 18.2 Å². The zero-order valence-electron chi connectivity index (χ0n) is 13.0. The summed E-state index contributed by atoms with van der Waals surface area (Å²) in [4.78, 5) is 4.58. The van der Waals surface area contributed by atoms with Crippen LogP contribution in [0.2, 0.25) is 5.02 Å². The average molecular weight is 352 g/mol. The fraction of sp³-hybridized carbons (Fsp3) is 0. The van der Waals surface area contributed by atoms with E-state index in [1.54, 1.807) is 30.3 Å². The molecule has 0 unspecified atom stereocenters. The van der Waals surface area contributed by atoms with Gasteiger partial charge in [0.25, 0.3) is 0 Å². The van der Waals surface area contributed by atoms with Gasteiger partial charge in [0.2, 0.25) is 0 Å². The van der Waals surface area contributed by atoms with Gasteiger partial charge >= 0.3 is 0 Å². The predicted molar refractivity (Wildman–Crippen MR) is 97.5 cm³/mol. The summed E-state index contributed by atoms with van der Waals surface area (Å²) in [6.45, 7) is 0. The summed E-state index contributed by atoms with van der Waals surface area (Å²) in [5.41, 5.74) is 3.84. The molecule has 0 spiro atoms. The van der Waals surface area contributed by atoms with Crippen LogP contribution in [-0.4, -0.2) is 4.98 Å². The van der Waals surface area contributed by atoms with Crippen LogP contribution in [0.3, 0.4) is 0 Å². The highest BCUT2D eigenvalue weighted by atomic mass is 35.5. The number of hydrogen-bond donors (Lipinski definition) is 0. The number of rotatable bonds is 2. The van der Waals surface area contributed by atoms with Crippen LogP contribution in [0.1, 0.15) is 0 Å². The van der Waals surface area contributed by atoms with Gasteiger partial charge in [0, 0.05) is 22.0 Å². The van der Waals surface area contributed by atoms with Gasteiger partial charge in [-0.2, -0.15) is 0 Å². The van der Waals surface area contributed by atoms with E-state index < -0.39 is 0 Å². The molecule has 1 aromatic heterocycles. The largest absolute Gasteiger partial charge is 0.248 e. The van der Waals surface area contributed by atoms with Crippen LogP contribution in [0.25, 0.3) is 33.3 Å². The van der Waals surface area contributed by atoms with Crippen LogP contribution < -0.4 is 0 Å². The second kappa shape index (κ2) is 6.26. The Morgan fingerprint density at radius 1 is 0.680 bits per heavy atom. The van der Waals surface area contributed by atoms with Gasteiger partial charge in [-0.05, 0) is 53.6 Å². The lowest BCUT2D eigenvalue weighted by Gasteiger charge is -2.11. The zero-order valence-corrected chi connectivity index (χ0v) is 13.8. The van der Waals surface area contributed by atoms with Crippen LogP contribution >= 0.6 is 11.6 Å². The highest BCUT2D eigenvalue weighted by molar-refractivity contribution is 6.30. The molecule has 0 fully saturated rings. The lowest BCUT2D eigenvalue weighted by Crippen LogP contribution is -1.91. The normalized spacial score (nSPS) is 11.0. The lowest BCUT2D eigenvalue weighted by molar-refractivity contribution is 0.628. The smallest absolute Gasteiger partial charge is 0.125 e. The molecule has 1 nitrogen and oxygen atoms in total. The first kappa shape index (κ1) is 15.7. The van der Waals surface area contributed by atoms with Gasteiger partial charge in [-0.1, -0.05) is 35.9 Å². The third-order valence-corrected chi connectivity index (χ3v) is 4.32. The van der Waals surface area contributed by atoms with Crippen molar-refractivity contribution in [3.8, 4) is 22.4 Å². The summed E-state index contributed by atoms with van der Waals surface area (Å²) < 4.78 is 27.0. The Kier molecular flexibility index (Phi) is 3.94. The molecule has 0 aliphatic heterocycles. The van der Waals surface area contributed by atoms with Gasteiger partial charge in [-0.25, -0.2) is 13.8 Å². The summed E-state index contributed by atoms with van der Waals surface area (Å²) in [7, 11) is 0. The molecule has 0 aliphatic carbocycles. The molecule has 0 radical (unpaired) electrons. The number of benzene rings is 3. The Morgan fingerprint density at radius 2 is 1.32 bits per heavy atom. The summed E-state index contributed by atoms with van der Waals surface area (Å²) in [5.74, 6) is -0.649. The molecule has 0 saturated heterocycles. The van der Waals surface area contributed by atoms with Crippen molar-refractivity contribution in [1.82, 2.24) is 4.98 Å². The minimum atomic E-state index is -0.349. The highest BCUT2D eigenvalue weighted by Gasteiger charge is 2.10. The van der Waals surface area contributed by atoms with Gasteiger partial charge in [0.1, 0.15) is 11.6 Å². The average Bonchev–Trinajstić information content (AvgIpc) is 2.62. The Balaban J connectivity index is 1.99. The van der Waals surface area contributed by atoms with Gasteiger partial charge in [-0.15, -0.1) is 0 Å². The third kappa shape index (κ3) is 3.11. The summed E-state index contributed by atoms with van der Waals surface area (Å²) in [5, 5.41) is 1.44. The predicted octanol–water partition coefficient (Wildman–Crippen LogP) is 6.50. The molecule has 0 saturated carbocycles. The molecule has 25 heavy (non-hydrogen) atoms. The molecule has 4 rings (SSSR count). The molecule has 0 amide bonds. The summed E-state index contributed by atoms with van der Waals surface area (Å²) in [6, 6.07) is 20.0. The third-order valence-electron chi connectivity index (χ3n) is 4.07. The van der Waals surface area contributed by atoms with E-state index in [-0.39, 0.29) is 11.6 Å². The van der Waals surface area contributed by atoms with E-state index in [0.29, 0.717) is 16.2 Å². The number of pyridine rings is 1. The molecular weight excluding hydrogens is 340 g/mol. The maximum absolute atomic E-state index is 13.7. The maximum Gasteiger partial charge on any atom is 0.125 e. The van der Waals surface area contributed by atoms with Gasteiger partial charge in [0.05, 0.1) is 11.2 Å². The number of nitrogens with zero attached hydrogens (tertiary/aromatic N) is 1. The van der Waals surface area contributed by atoms with Gasteiger partial charge in [0.15, 0.2) is 0 Å². The quantitative estimate of drug-likeness (QED) is 0.401. The Hall–Kier alpha value is -2.78. The van der Waals surface area contributed by atoms with E-state index in [0.717, 1.165) is 22.1 Å². The number of hydrogen-bond acceptors (Lipinski definition) is 1. The van der Waals surface area contributed by atoms with E-state index in [4.69, 9.17) is 11.6 Å². The van der Waals surface area contributed by atoms with Crippen LogP contribution in [0.4, 0.5) is 8.78 Å². The molecular formula is C21H12ClF2N. The molecule has 3 aromatic carbocycles. The van der Waals surface area contributed by atoms with Crippen LogP contribution in [0.5, 0.6) is 0 Å². The van der Waals surface area contributed by atoms with Crippen molar-refractivity contribution in [3.05, 3.63) is 89.5 Å². The van der Waals surface area contributed by atoms with Crippen LogP contribution in [-0.2, 0) is 0 Å². The standard InChI is InChI=1S/C21H12ClF2N/c22-15-5-1-14(2-6-15)20-12-19(13-3-7-16(23)8-4-13)18-10-9-17(24)11-21(18)25-20/h1-12H. The Morgan fingerprint density at radius 3 is 2.04 bits per heavy atom. The van der Waals surface area contributed by atoms with Crippen molar-refractivity contribution in [3.63, 3.8) is 0 Å². The van der Waals surface area contributed by atoms with Crippen molar-refractivity contribution in [2.24, 2.45) is 0 Å². The van der Waals surface area contributed by atoms with Crippen molar-refractivity contribution in [2.45, 2.75) is 0 Å². The van der Waals surface area contributed by atoms with E-state index in [2.05, 4.69) is 4.98 Å². The maximum atomic E-state index is 13.7. The molecule has 4 aromatic rings. The van der Waals surface area contributed by atoms with Gasteiger partial charge < -0.3 is 0 Å². The molecule has 0 aliphatic rings. The summed E-state index contributed by atoms with van der Waals surface area (Å²) in [6.07, 6.45) is 0. The lowest BCUT2D eigenvalue weighted by atomic mass is 9.98. The molecule has 0 N–H and O–H groups in total. The molecule has 0 bridgehead atoms. The number of fused-ring (bicyclic) bond motifs is 1. The van der Waals surface area contributed by atoms with Crippen molar-refractivity contribution in [2.75, 3.05) is 0 Å². The zero-order chi connectivity index (χ0) is 17.4. The molecule has 0 atom stereocenters. The van der Waals surface area contributed by atoms with Crippen LogP contribution in [0, 0.1) is 11.6 Å². The molecule has 4 heteroatoms. The first-order chi connectivity index (χ1) is 12.1. The molecule has 1 heterocycles. The fourth-order valence-corrected chi connectivity index (χ4v) is 2.96. The van der Waals surface area contributed by atoms with E-state index >= 15 is 0 Å². The van der Waals surface area contributed by atoms with Crippen molar-refractivity contribution >= 4 is 22.5 Å². The summed E-state index contributed by atoms with van der Waals surface area (Å²) >= 11 is 5.95. The van der Waals surface area contributed by atoms with Crippen LogP contribution in [0.15, 0.2) is 72.8 Å². The minimum Gasteiger partial charge on any atom is -0.248 e. The van der Waals surface area contributed by atoms with Crippen molar-refractivity contribution in [1.29, 1.82) is 0 Å². The highest BCUT2D eigenvalue weighted by Crippen LogP contribution is 2.32. The second-order valence-electron chi connectivity index (χ2n) is 5.73. The Bertz CT molecular complexity index is 1060. The first-order valence-electron chi connectivity index (χ1n) is 7.72. The topological polar surface area (TPSA) is 12.9 Å². The van der Waals surface area contributed by atoms with E-state index in [9.17, 15) is 8.78 Å². The van der Waals surface area contributed by atoms with E-state index in [1.165, 1.54) is 24.3 Å². The first-order valence-corrected chi connectivity index (χ1v) is 8.10. The number of halogens is 3.